The highest BCUT2D eigenvalue weighted by Gasteiger charge is 2.16. The van der Waals surface area contributed by atoms with Crippen LogP contribution in [0.25, 0.3) is 22.5 Å². The average Bonchev–Trinajstić information content (AvgIpc) is 2.83. The van der Waals surface area contributed by atoms with Crippen LogP contribution in [0.5, 0.6) is 5.75 Å². The normalized spacial score (nSPS) is 10.8. The van der Waals surface area contributed by atoms with Crippen molar-refractivity contribution in [1.82, 2.24) is 9.97 Å². The second kappa shape index (κ2) is 10.3. The molecule has 0 saturated heterocycles. The molecular formula is C27H26ClN3O. The molecule has 0 amide bonds. The summed E-state index contributed by atoms with van der Waals surface area (Å²) in [6, 6.07) is 25.8. The van der Waals surface area contributed by atoms with Gasteiger partial charge < -0.3 is 10.5 Å². The van der Waals surface area contributed by atoms with Gasteiger partial charge in [-0.3, -0.25) is 0 Å². The lowest BCUT2D eigenvalue weighted by Crippen LogP contribution is -2.05. The lowest BCUT2D eigenvalue weighted by Gasteiger charge is -2.15. The molecule has 0 bridgehead atoms. The summed E-state index contributed by atoms with van der Waals surface area (Å²) in [5.41, 5.74) is 12.2. The van der Waals surface area contributed by atoms with Gasteiger partial charge in [-0.25, -0.2) is 9.97 Å². The number of nitrogens with two attached hydrogens (primary N) is 1. The number of rotatable bonds is 8. The van der Waals surface area contributed by atoms with Gasteiger partial charge in [0.1, 0.15) is 12.4 Å². The number of hydrogen-bond donors (Lipinski definition) is 1. The number of benzene rings is 3. The molecule has 32 heavy (non-hydrogen) atoms. The van der Waals surface area contributed by atoms with Crippen molar-refractivity contribution in [3.8, 4) is 28.3 Å². The number of anilines is 1. The molecule has 0 aliphatic rings. The lowest BCUT2D eigenvalue weighted by atomic mass is 9.96. The van der Waals surface area contributed by atoms with Gasteiger partial charge in [-0.1, -0.05) is 67.4 Å². The summed E-state index contributed by atoms with van der Waals surface area (Å²) < 4.78 is 5.93. The fourth-order valence-corrected chi connectivity index (χ4v) is 3.75. The van der Waals surface area contributed by atoms with Gasteiger partial charge in [-0.05, 0) is 54.8 Å². The van der Waals surface area contributed by atoms with Gasteiger partial charge in [0.2, 0.25) is 5.95 Å². The first-order chi connectivity index (χ1) is 15.6. The van der Waals surface area contributed by atoms with Gasteiger partial charge >= 0.3 is 0 Å². The van der Waals surface area contributed by atoms with E-state index in [1.807, 2.05) is 66.7 Å². The van der Waals surface area contributed by atoms with Crippen molar-refractivity contribution in [2.45, 2.75) is 32.8 Å². The Kier molecular flexibility index (Phi) is 7.03. The number of halogens is 1. The van der Waals surface area contributed by atoms with Crippen LogP contribution in [-0.2, 0) is 13.0 Å². The third-order valence-electron chi connectivity index (χ3n) is 5.30. The molecular weight excluding hydrogens is 418 g/mol. The van der Waals surface area contributed by atoms with Crippen LogP contribution in [0.1, 0.15) is 30.9 Å². The fraction of sp³-hybridized carbons (Fsp3) is 0.185. The summed E-state index contributed by atoms with van der Waals surface area (Å²) in [7, 11) is 0. The van der Waals surface area contributed by atoms with Crippen molar-refractivity contribution in [1.29, 1.82) is 0 Å². The Morgan fingerprint density at radius 2 is 1.44 bits per heavy atom. The Hall–Kier alpha value is -3.37. The van der Waals surface area contributed by atoms with Crippen LogP contribution in [0.3, 0.4) is 0 Å². The molecule has 0 saturated carbocycles. The summed E-state index contributed by atoms with van der Waals surface area (Å²) in [6.07, 6.45) is 3.04. The SMILES string of the molecule is CCCCc1c(-c2ccccc2)nc(N)nc1-c1ccc(OCc2ccc(Cl)cc2)cc1. The van der Waals surface area contributed by atoms with Gasteiger partial charge in [-0.15, -0.1) is 0 Å². The molecule has 1 heterocycles. The van der Waals surface area contributed by atoms with Gasteiger partial charge in [0.05, 0.1) is 11.4 Å². The molecule has 0 radical (unpaired) electrons. The van der Waals surface area contributed by atoms with E-state index in [-0.39, 0.29) is 5.95 Å². The first kappa shape index (κ1) is 21.8. The van der Waals surface area contributed by atoms with Gasteiger partial charge in [0, 0.05) is 21.7 Å². The molecule has 162 valence electrons. The molecule has 0 atom stereocenters. The average molecular weight is 444 g/mol. The van der Waals surface area contributed by atoms with E-state index < -0.39 is 0 Å². The minimum Gasteiger partial charge on any atom is -0.489 e. The standard InChI is InChI=1S/C27H26ClN3O/c1-2-3-9-24-25(20-7-5-4-6-8-20)30-27(29)31-26(24)21-12-16-23(17-13-21)32-18-19-10-14-22(28)15-11-19/h4-8,10-17H,2-3,9,18H2,1H3,(H2,29,30,31). The van der Waals surface area contributed by atoms with Crippen molar-refractivity contribution < 1.29 is 4.74 Å². The van der Waals surface area contributed by atoms with E-state index in [0.29, 0.717) is 6.61 Å². The molecule has 3 aromatic carbocycles. The molecule has 0 aliphatic carbocycles. The van der Waals surface area contributed by atoms with Crippen LogP contribution in [0, 0.1) is 0 Å². The maximum Gasteiger partial charge on any atom is 0.221 e. The van der Waals surface area contributed by atoms with E-state index in [2.05, 4.69) is 29.0 Å². The van der Waals surface area contributed by atoms with E-state index in [1.165, 1.54) is 0 Å². The highest BCUT2D eigenvalue weighted by molar-refractivity contribution is 6.30. The van der Waals surface area contributed by atoms with Crippen LogP contribution in [0.4, 0.5) is 5.95 Å². The Bertz CT molecular complexity index is 1160. The van der Waals surface area contributed by atoms with Crippen molar-refractivity contribution in [3.05, 3.63) is 95.0 Å². The van der Waals surface area contributed by atoms with Gasteiger partial charge in [-0.2, -0.15) is 0 Å². The van der Waals surface area contributed by atoms with Gasteiger partial charge in [0.25, 0.3) is 0 Å². The summed E-state index contributed by atoms with van der Waals surface area (Å²) in [4.78, 5) is 9.23. The Morgan fingerprint density at radius 3 is 2.06 bits per heavy atom. The molecule has 0 spiro atoms. The van der Waals surface area contributed by atoms with E-state index in [0.717, 1.165) is 63.7 Å². The van der Waals surface area contributed by atoms with Crippen LogP contribution >= 0.6 is 11.6 Å². The smallest absolute Gasteiger partial charge is 0.221 e. The summed E-state index contributed by atoms with van der Waals surface area (Å²) in [5, 5.41) is 0.718. The quantitative estimate of drug-likeness (QED) is 0.319. The molecule has 5 heteroatoms. The van der Waals surface area contributed by atoms with Crippen LogP contribution in [0.2, 0.25) is 5.02 Å². The van der Waals surface area contributed by atoms with Gasteiger partial charge in [0.15, 0.2) is 0 Å². The number of hydrogen-bond acceptors (Lipinski definition) is 4. The van der Waals surface area contributed by atoms with E-state index in [4.69, 9.17) is 22.1 Å². The molecule has 0 aliphatic heterocycles. The predicted octanol–water partition coefficient (Wildman–Crippen LogP) is 6.97. The molecule has 2 N–H and O–H groups in total. The number of ether oxygens (including phenoxy) is 1. The minimum atomic E-state index is 0.280. The van der Waals surface area contributed by atoms with E-state index in [1.54, 1.807) is 0 Å². The monoisotopic (exact) mass is 443 g/mol. The van der Waals surface area contributed by atoms with Crippen LogP contribution < -0.4 is 10.5 Å². The third-order valence-corrected chi connectivity index (χ3v) is 5.55. The van der Waals surface area contributed by atoms with Crippen molar-refractivity contribution in [2.75, 3.05) is 5.73 Å². The first-order valence-corrected chi connectivity index (χ1v) is 11.2. The molecule has 4 aromatic rings. The molecule has 0 fully saturated rings. The van der Waals surface area contributed by atoms with Crippen molar-refractivity contribution >= 4 is 17.5 Å². The topological polar surface area (TPSA) is 61.0 Å². The number of aromatic nitrogens is 2. The fourth-order valence-electron chi connectivity index (χ4n) is 3.62. The number of nitrogens with zero attached hydrogens (tertiary/aromatic N) is 2. The van der Waals surface area contributed by atoms with Crippen LogP contribution in [0.15, 0.2) is 78.9 Å². The number of nitrogen functional groups attached to an aromatic ring is 1. The van der Waals surface area contributed by atoms with E-state index >= 15 is 0 Å². The largest absolute Gasteiger partial charge is 0.489 e. The second-order valence-corrected chi connectivity index (χ2v) is 8.10. The highest BCUT2D eigenvalue weighted by Crippen LogP contribution is 2.32. The van der Waals surface area contributed by atoms with Crippen molar-refractivity contribution in [2.24, 2.45) is 0 Å². The third kappa shape index (κ3) is 5.27. The summed E-state index contributed by atoms with van der Waals surface area (Å²) >= 11 is 5.95. The number of unbranched alkanes of at least 4 members (excludes halogenated alkanes) is 1. The predicted molar refractivity (Wildman–Crippen MR) is 132 cm³/mol. The lowest BCUT2D eigenvalue weighted by molar-refractivity contribution is 0.306. The van der Waals surface area contributed by atoms with Crippen LogP contribution in [-0.4, -0.2) is 9.97 Å². The summed E-state index contributed by atoms with van der Waals surface area (Å²) in [6.45, 7) is 2.67. The summed E-state index contributed by atoms with van der Waals surface area (Å²) in [5.74, 6) is 1.08. The Morgan fingerprint density at radius 1 is 0.812 bits per heavy atom. The zero-order chi connectivity index (χ0) is 22.3. The second-order valence-electron chi connectivity index (χ2n) is 7.67. The highest BCUT2D eigenvalue weighted by atomic mass is 35.5. The Balaban J connectivity index is 1.63. The molecule has 0 unspecified atom stereocenters. The molecule has 4 rings (SSSR count). The van der Waals surface area contributed by atoms with E-state index in [9.17, 15) is 0 Å². The van der Waals surface area contributed by atoms with Crippen molar-refractivity contribution in [3.63, 3.8) is 0 Å². The first-order valence-electron chi connectivity index (χ1n) is 10.8. The molecule has 4 nitrogen and oxygen atoms in total. The Labute approximate surface area is 194 Å². The molecule has 1 aromatic heterocycles. The maximum atomic E-state index is 6.13. The maximum absolute atomic E-state index is 6.13. The zero-order valence-corrected chi connectivity index (χ0v) is 18.8. The zero-order valence-electron chi connectivity index (χ0n) is 18.1. The minimum absolute atomic E-state index is 0.280.